The van der Waals surface area contributed by atoms with Gasteiger partial charge in [-0.05, 0) is 57.2 Å². The zero-order valence-corrected chi connectivity index (χ0v) is 16.4. The van der Waals surface area contributed by atoms with Crippen molar-refractivity contribution in [3.05, 3.63) is 60.2 Å². The van der Waals surface area contributed by atoms with Crippen LogP contribution in [0.2, 0.25) is 0 Å². The second-order valence-electron chi connectivity index (χ2n) is 6.57. The van der Waals surface area contributed by atoms with E-state index in [1.54, 1.807) is 51.1 Å². The molecule has 0 spiro atoms. The molecule has 0 bridgehead atoms. The van der Waals surface area contributed by atoms with Crippen LogP contribution >= 0.6 is 0 Å². The number of methoxy groups -OCH3 is 1. The fraction of sp³-hybridized carbons (Fsp3) is 0.263. The van der Waals surface area contributed by atoms with E-state index < -0.39 is 27.5 Å². The third-order valence-corrected chi connectivity index (χ3v) is 5.02. The number of nitrogens with zero attached hydrogens (tertiary/aromatic N) is 1. The molecule has 2 aromatic carbocycles. The maximum Gasteiger partial charge on any atom is 0.444 e. The van der Waals surface area contributed by atoms with Gasteiger partial charge in [0.25, 0.3) is 5.91 Å². The Hall–Kier alpha value is -2.87. The largest absolute Gasteiger partial charge is 0.497 e. The highest BCUT2D eigenvalue weighted by Gasteiger charge is 2.22. The van der Waals surface area contributed by atoms with Crippen LogP contribution in [-0.4, -0.2) is 28.9 Å². The molecule has 1 N–H and O–H groups in total. The zero-order chi connectivity index (χ0) is 20.1. The van der Waals surface area contributed by atoms with Gasteiger partial charge in [0.1, 0.15) is 11.4 Å². The van der Waals surface area contributed by atoms with E-state index in [2.05, 4.69) is 9.08 Å². The molecule has 27 heavy (non-hydrogen) atoms. The van der Waals surface area contributed by atoms with Gasteiger partial charge < -0.3 is 9.47 Å². The van der Waals surface area contributed by atoms with Crippen LogP contribution in [-0.2, 0) is 14.7 Å². The van der Waals surface area contributed by atoms with Gasteiger partial charge in [-0.15, -0.1) is 4.36 Å². The first-order valence-corrected chi connectivity index (χ1v) is 9.66. The third kappa shape index (κ3) is 5.82. The second kappa shape index (κ2) is 8.22. The molecule has 0 heterocycles. The Morgan fingerprint density at radius 3 is 2.11 bits per heavy atom. The molecule has 1 atom stereocenters. The lowest BCUT2D eigenvalue weighted by molar-refractivity contribution is 0.0607. The lowest BCUT2D eigenvalue weighted by atomic mass is 10.2. The molecule has 7 nitrogen and oxygen atoms in total. The average Bonchev–Trinajstić information content (AvgIpc) is 2.60. The molecule has 1 unspecified atom stereocenters. The Morgan fingerprint density at radius 2 is 1.59 bits per heavy atom. The molecule has 0 aliphatic carbocycles. The summed E-state index contributed by atoms with van der Waals surface area (Å²) >= 11 is 0. The molecule has 0 aliphatic rings. The number of benzene rings is 2. The van der Waals surface area contributed by atoms with Gasteiger partial charge in [0, 0.05) is 5.56 Å². The van der Waals surface area contributed by atoms with Crippen LogP contribution in [0, 0.1) is 0 Å². The van der Waals surface area contributed by atoms with Gasteiger partial charge in [0.15, 0.2) is 9.92 Å². The van der Waals surface area contributed by atoms with E-state index >= 15 is 0 Å². The molecule has 2 aromatic rings. The van der Waals surface area contributed by atoms with Gasteiger partial charge in [-0.3, -0.25) is 9.52 Å². The molecule has 144 valence electrons. The van der Waals surface area contributed by atoms with Crippen molar-refractivity contribution in [1.29, 1.82) is 0 Å². The van der Waals surface area contributed by atoms with Crippen LogP contribution in [0.15, 0.2) is 63.9 Å². The van der Waals surface area contributed by atoms with E-state index in [0.717, 1.165) is 0 Å². The smallest absolute Gasteiger partial charge is 0.444 e. The number of carbonyl (C=O) groups is 2. The molecule has 0 saturated carbocycles. The molecule has 0 aromatic heterocycles. The first-order valence-electron chi connectivity index (χ1n) is 8.14. The fourth-order valence-corrected chi connectivity index (χ4v) is 3.46. The number of carbonyl (C=O) groups excluding carboxylic acids is 2. The van der Waals surface area contributed by atoms with Crippen LogP contribution in [0.1, 0.15) is 31.1 Å². The van der Waals surface area contributed by atoms with Gasteiger partial charge in [0.2, 0.25) is 0 Å². The van der Waals surface area contributed by atoms with E-state index in [9.17, 15) is 13.8 Å². The molecule has 0 saturated heterocycles. The van der Waals surface area contributed by atoms with E-state index in [1.165, 1.54) is 31.4 Å². The Kier molecular flexibility index (Phi) is 6.22. The van der Waals surface area contributed by atoms with E-state index in [1.807, 2.05) is 0 Å². The molecule has 2 rings (SSSR count). The quantitative estimate of drug-likeness (QED) is 0.857. The highest BCUT2D eigenvalue weighted by Crippen LogP contribution is 2.16. The standard InChI is InChI=1S/C19H22N2O5S/c1-19(2,3)26-18(23)21-27(24,16-8-6-5-7-9-16)20-17(22)14-10-12-15(25-4)13-11-14/h5-13H,1-4H3,(H,20,21,22,23,24). The SMILES string of the molecule is COc1ccc(C(=O)NS(=O)(=NC(=O)OC(C)(C)C)c2ccccc2)cc1. The van der Waals surface area contributed by atoms with Crippen LogP contribution in [0.5, 0.6) is 5.75 Å². The van der Waals surface area contributed by atoms with Crippen molar-refractivity contribution in [1.82, 2.24) is 4.72 Å². The van der Waals surface area contributed by atoms with Crippen molar-refractivity contribution in [2.45, 2.75) is 31.3 Å². The molecular weight excluding hydrogens is 368 g/mol. The Balaban J connectivity index is 2.39. The number of rotatable bonds is 4. The third-order valence-electron chi connectivity index (χ3n) is 3.24. The van der Waals surface area contributed by atoms with Crippen molar-refractivity contribution in [3.63, 3.8) is 0 Å². The molecule has 0 fully saturated rings. The maximum absolute atomic E-state index is 13.4. The Bertz CT molecular complexity index is 925. The average molecular weight is 390 g/mol. The summed E-state index contributed by atoms with van der Waals surface area (Å²) in [6.45, 7) is 5.00. The number of hydrogen-bond acceptors (Lipinski definition) is 5. The lowest BCUT2D eigenvalue weighted by Crippen LogP contribution is -2.32. The summed E-state index contributed by atoms with van der Waals surface area (Å²) in [5.41, 5.74) is -0.559. The predicted octanol–water partition coefficient (Wildman–Crippen LogP) is 3.80. The van der Waals surface area contributed by atoms with Gasteiger partial charge >= 0.3 is 6.09 Å². The number of nitrogens with one attached hydrogen (secondary N) is 1. The van der Waals surface area contributed by atoms with Crippen LogP contribution < -0.4 is 9.46 Å². The maximum atomic E-state index is 13.4. The van der Waals surface area contributed by atoms with E-state index in [-0.39, 0.29) is 10.5 Å². The molecule has 2 amide bonds. The van der Waals surface area contributed by atoms with Crippen molar-refractivity contribution in [2.24, 2.45) is 4.36 Å². The normalized spacial score (nSPS) is 13.2. The van der Waals surface area contributed by atoms with Gasteiger partial charge in [0.05, 0.1) is 12.0 Å². The molecule has 8 heteroatoms. The minimum Gasteiger partial charge on any atom is -0.497 e. The first kappa shape index (κ1) is 20.4. The molecule has 0 aliphatic heterocycles. The van der Waals surface area contributed by atoms with Gasteiger partial charge in [-0.2, -0.15) is 0 Å². The summed E-state index contributed by atoms with van der Waals surface area (Å²) in [5, 5.41) is 0. The Morgan fingerprint density at radius 1 is 1.00 bits per heavy atom. The second-order valence-corrected chi connectivity index (χ2v) is 8.48. The summed E-state index contributed by atoms with van der Waals surface area (Å²) in [7, 11) is -2.07. The van der Waals surface area contributed by atoms with Crippen molar-refractivity contribution in [2.75, 3.05) is 7.11 Å². The van der Waals surface area contributed by atoms with Gasteiger partial charge in [-0.25, -0.2) is 9.00 Å². The van der Waals surface area contributed by atoms with Crippen LogP contribution in [0.25, 0.3) is 0 Å². The number of amides is 2. The zero-order valence-electron chi connectivity index (χ0n) is 15.6. The summed E-state index contributed by atoms with van der Waals surface area (Å²) in [4.78, 5) is 24.9. The molecule has 0 radical (unpaired) electrons. The van der Waals surface area contributed by atoms with Crippen molar-refractivity contribution < 1.29 is 23.3 Å². The Labute approximate surface area is 159 Å². The van der Waals surface area contributed by atoms with Crippen molar-refractivity contribution >= 4 is 21.9 Å². The van der Waals surface area contributed by atoms with E-state index in [4.69, 9.17) is 9.47 Å². The van der Waals surface area contributed by atoms with Gasteiger partial charge in [-0.1, -0.05) is 18.2 Å². The summed E-state index contributed by atoms with van der Waals surface area (Å²) in [5.74, 6) is -0.0624. The number of ether oxygens (including phenoxy) is 2. The van der Waals surface area contributed by atoms with Crippen molar-refractivity contribution in [3.8, 4) is 5.75 Å². The monoisotopic (exact) mass is 390 g/mol. The lowest BCUT2D eigenvalue weighted by Gasteiger charge is -2.18. The first-order chi connectivity index (χ1) is 12.6. The number of hydrogen-bond donors (Lipinski definition) is 1. The predicted molar refractivity (Wildman–Crippen MR) is 102 cm³/mol. The summed E-state index contributed by atoms with van der Waals surface area (Å²) < 4.78 is 29.6. The van der Waals surface area contributed by atoms with Crippen LogP contribution in [0.4, 0.5) is 4.79 Å². The van der Waals surface area contributed by atoms with Crippen LogP contribution in [0.3, 0.4) is 0 Å². The minimum atomic E-state index is -3.58. The topological polar surface area (TPSA) is 94.1 Å². The summed E-state index contributed by atoms with van der Waals surface area (Å²) in [6.07, 6.45) is -1.02. The summed E-state index contributed by atoms with van der Waals surface area (Å²) in [6, 6.07) is 14.3. The highest BCUT2D eigenvalue weighted by atomic mass is 32.2. The fourth-order valence-electron chi connectivity index (χ4n) is 2.05. The minimum absolute atomic E-state index is 0.192. The van der Waals surface area contributed by atoms with E-state index in [0.29, 0.717) is 5.75 Å². The molecular formula is C19H22N2O5S. The highest BCUT2D eigenvalue weighted by molar-refractivity contribution is 7.92.